The van der Waals surface area contributed by atoms with Gasteiger partial charge >= 0.3 is 0 Å². The third kappa shape index (κ3) is 2.44. The second-order valence-electron chi connectivity index (χ2n) is 3.43. The van der Waals surface area contributed by atoms with Crippen LogP contribution in [0.5, 0.6) is 5.88 Å². The quantitative estimate of drug-likeness (QED) is 0.739. The van der Waals surface area contributed by atoms with E-state index in [0.29, 0.717) is 18.4 Å². The van der Waals surface area contributed by atoms with Gasteiger partial charge in [-0.15, -0.1) is 0 Å². The largest absolute Gasteiger partial charge is 0.477 e. The molecule has 3 nitrogen and oxygen atoms in total. The highest BCUT2D eigenvalue weighted by Gasteiger charge is 2.08. The smallest absolute Gasteiger partial charge is 0.235 e. The molecule has 0 bridgehead atoms. The zero-order chi connectivity index (χ0) is 10.6. The highest BCUT2D eigenvalue weighted by atomic mass is 16.5. The second-order valence-corrected chi connectivity index (χ2v) is 3.43. The van der Waals surface area contributed by atoms with Crippen molar-refractivity contribution < 1.29 is 4.74 Å². The van der Waals surface area contributed by atoms with Gasteiger partial charge in [0.1, 0.15) is 0 Å². The number of hydrogen-bond donors (Lipinski definition) is 0. The Morgan fingerprint density at radius 2 is 2.14 bits per heavy atom. The topological polar surface area (TPSA) is 35.0 Å². The van der Waals surface area contributed by atoms with Gasteiger partial charge in [0, 0.05) is 0 Å². The molecule has 1 aromatic rings. The summed E-state index contributed by atoms with van der Waals surface area (Å²) in [6, 6.07) is 0. The van der Waals surface area contributed by atoms with E-state index >= 15 is 0 Å². The lowest BCUT2D eigenvalue weighted by atomic mass is 10.1. The van der Waals surface area contributed by atoms with Crippen molar-refractivity contribution in [3.63, 3.8) is 0 Å². The summed E-state index contributed by atoms with van der Waals surface area (Å²) >= 11 is 0. The molecule has 1 aromatic heterocycles. The van der Waals surface area contributed by atoms with E-state index in [1.165, 1.54) is 0 Å². The van der Waals surface area contributed by atoms with Crippen molar-refractivity contribution in [2.24, 2.45) is 0 Å². The van der Waals surface area contributed by atoms with Crippen LogP contribution in [0, 0.1) is 6.92 Å². The molecular weight excluding hydrogens is 176 g/mol. The first kappa shape index (κ1) is 11.0. The predicted molar refractivity (Wildman–Crippen MR) is 56.6 cm³/mol. The lowest BCUT2D eigenvalue weighted by Crippen LogP contribution is -2.03. The van der Waals surface area contributed by atoms with E-state index in [1.54, 1.807) is 0 Å². The average Bonchev–Trinajstić information content (AvgIpc) is 2.20. The van der Waals surface area contributed by atoms with E-state index in [-0.39, 0.29) is 0 Å². The Bertz CT molecular complexity index is 299. The molecule has 0 saturated heterocycles. The molecule has 1 rings (SSSR count). The van der Waals surface area contributed by atoms with Crippen LogP contribution in [0.2, 0.25) is 0 Å². The van der Waals surface area contributed by atoms with Crippen LogP contribution in [0.1, 0.15) is 44.5 Å². The molecule has 0 aliphatic carbocycles. The summed E-state index contributed by atoms with van der Waals surface area (Å²) in [6.07, 6.45) is 2.90. The van der Waals surface area contributed by atoms with Gasteiger partial charge in [-0.05, 0) is 26.2 Å². The Balaban J connectivity index is 2.88. The van der Waals surface area contributed by atoms with E-state index in [1.807, 2.05) is 20.0 Å². The van der Waals surface area contributed by atoms with Crippen molar-refractivity contribution in [2.45, 2.75) is 40.0 Å². The summed E-state index contributed by atoms with van der Waals surface area (Å²) in [6.45, 7) is 8.83. The normalized spacial score (nSPS) is 12.6. The molecule has 1 unspecified atom stereocenters. The average molecular weight is 194 g/mol. The molecule has 0 radical (unpaired) electrons. The highest BCUT2D eigenvalue weighted by Crippen LogP contribution is 2.19. The summed E-state index contributed by atoms with van der Waals surface area (Å²) < 4.78 is 5.33. The Kier molecular flexibility index (Phi) is 3.86. The molecule has 1 atom stereocenters. The Morgan fingerprint density at radius 1 is 1.43 bits per heavy atom. The van der Waals surface area contributed by atoms with Crippen molar-refractivity contribution in [3.05, 3.63) is 17.6 Å². The molecule has 0 fully saturated rings. The zero-order valence-electron chi connectivity index (χ0n) is 9.37. The fourth-order valence-electron chi connectivity index (χ4n) is 1.21. The minimum Gasteiger partial charge on any atom is -0.477 e. The maximum Gasteiger partial charge on any atom is 0.235 e. The first-order valence-electron chi connectivity index (χ1n) is 5.15. The van der Waals surface area contributed by atoms with Gasteiger partial charge < -0.3 is 4.74 Å². The SMILES string of the molecule is CCOc1ncc(C(C)CC)nc1C. The predicted octanol–water partition coefficient (Wildman–Crippen LogP) is 2.70. The minimum atomic E-state index is 0.469. The van der Waals surface area contributed by atoms with E-state index in [4.69, 9.17) is 4.74 Å². The van der Waals surface area contributed by atoms with Gasteiger partial charge in [0.05, 0.1) is 24.2 Å². The molecule has 0 aliphatic rings. The van der Waals surface area contributed by atoms with Crippen LogP contribution in [-0.2, 0) is 0 Å². The number of ether oxygens (including phenoxy) is 1. The van der Waals surface area contributed by atoms with Gasteiger partial charge in [0.25, 0.3) is 0 Å². The first-order valence-corrected chi connectivity index (χ1v) is 5.15. The van der Waals surface area contributed by atoms with Gasteiger partial charge in [-0.3, -0.25) is 4.98 Å². The van der Waals surface area contributed by atoms with Crippen LogP contribution in [0.3, 0.4) is 0 Å². The Labute approximate surface area is 85.5 Å². The molecular formula is C11H18N2O. The fourth-order valence-corrected chi connectivity index (χ4v) is 1.21. The van der Waals surface area contributed by atoms with Crippen molar-refractivity contribution in [1.82, 2.24) is 9.97 Å². The molecule has 0 N–H and O–H groups in total. The molecule has 3 heteroatoms. The summed E-state index contributed by atoms with van der Waals surface area (Å²) in [7, 11) is 0. The van der Waals surface area contributed by atoms with Gasteiger partial charge in [-0.2, -0.15) is 0 Å². The Hall–Kier alpha value is -1.12. The standard InChI is InChI=1S/C11H18N2O/c1-5-8(3)10-7-12-11(14-6-2)9(4)13-10/h7-8H,5-6H2,1-4H3. The molecule has 0 amide bonds. The number of nitrogens with zero attached hydrogens (tertiary/aromatic N) is 2. The molecule has 0 saturated carbocycles. The number of aryl methyl sites for hydroxylation is 1. The van der Waals surface area contributed by atoms with Crippen molar-refractivity contribution in [3.8, 4) is 5.88 Å². The fraction of sp³-hybridized carbons (Fsp3) is 0.636. The van der Waals surface area contributed by atoms with Gasteiger partial charge in [0.2, 0.25) is 5.88 Å². The van der Waals surface area contributed by atoms with Crippen LogP contribution >= 0.6 is 0 Å². The van der Waals surface area contributed by atoms with Crippen LogP contribution < -0.4 is 4.74 Å². The first-order chi connectivity index (χ1) is 6.69. The lowest BCUT2D eigenvalue weighted by molar-refractivity contribution is 0.321. The van der Waals surface area contributed by atoms with Crippen molar-refractivity contribution in [2.75, 3.05) is 6.61 Å². The van der Waals surface area contributed by atoms with Crippen molar-refractivity contribution in [1.29, 1.82) is 0 Å². The molecule has 0 aromatic carbocycles. The maximum absolute atomic E-state index is 5.33. The third-order valence-corrected chi connectivity index (χ3v) is 2.32. The Morgan fingerprint density at radius 3 is 2.64 bits per heavy atom. The molecule has 1 heterocycles. The van der Waals surface area contributed by atoms with E-state index in [9.17, 15) is 0 Å². The maximum atomic E-state index is 5.33. The van der Waals surface area contributed by atoms with Crippen LogP contribution in [0.4, 0.5) is 0 Å². The molecule has 14 heavy (non-hydrogen) atoms. The summed E-state index contributed by atoms with van der Waals surface area (Å²) in [5, 5.41) is 0. The van der Waals surface area contributed by atoms with Gasteiger partial charge in [-0.1, -0.05) is 13.8 Å². The van der Waals surface area contributed by atoms with Crippen LogP contribution in [0.25, 0.3) is 0 Å². The van der Waals surface area contributed by atoms with Crippen LogP contribution in [0.15, 0.2) is 6.20 Å². The molecule has 78 valence electrons. The van der Waals surface area contributed by atoms with Crippen LogP contribution in [-0.4, -0.2) is 16.6 Å². The second kappa shape index (κ2) is 4.94. The number of rotatable bonds is 4. The molecule has 0 spiro atoms. The third-order valence-electron chi connectivity index (χ3n) is 2.32. The van der Waals surface area contributed by atoms with Crippen molar-refractivity contribution >= 4 is 0 Å². The zero-order valence-corrected chi connectivity index (χ0v) is 9.37. The number of hydrogen-bond acceptors (Lipinski definition) is 3. The van der Waals surface area contributed by atoms with Gasteiger partial charge in [-0.25, -0.2) is 4.98 Å². The molecule has 0 aliphatic heterocycles. The van der Waals surface area contributed by atoms with E-state index in [2.05, 4.69) is 23.8 Å². The highest BCUT2D eigenvalue weighted by molar-refractivity contribution is 5.19. The summed E-state index contributed by atoms with van der Waals surface area (Å²) in [5.41, 5.74) is 1.93. The van der Waals surface area contributed by atoms with E-state index in [0.717, 1.165) is 17.8 Å². The van der Waals surface area contributed by atoms with Gasteiger partial charge in [0.15, 0.2) is 0 Å². The van der Waals surface area contributed by atoms with E-state index < -0.39 is 0 Å². The summed E-state index contributed by atoms with van der Waals surface area (Å²) in [5.74, 6) is 1.12. The monoisotopic (exact) mass is 194 g/mol. The summed E-state index contributed by atoms with van der Waals surface area (Å²) in [4.78, 5) is 8.73. The lowest BCUT2D eigenvalue weighted by Gasteiger charge is -2.10. The minimum absolute atomic E-state index is 0.469. The number of aromatic nitrogens is 2.